The lowest BCUT2D eigenvalue weighted by Gasteiger charge is -2.28. The van der Waals surface area contributed by atoms with Crippen molar-refractivity contribution in [2.45, 2.75) is 6.92 Å². The molecule has 0 radical (unpaired) electrons. The van der Waals surface area contributed by atoms with E-state index in [0.29, 0.717) is 5.69 Å². The molecule has 0 aromatic heterocycles. The number of hydrogen-bond donors (Lipinski definition) is 1. The van der Waals surface area contributed by atoms with Crippen LogP contribution in [0.1, 0.15) is 15.9 Å². The summed E-state index contributed by atoms with van der Waals surface area (Å²) in [6, 6.07) is 14.5. The molecular weight excluding hydrogens is 411 g/mol. The van der Waals surface area contributed by atoms with Gasteiger partial charge < -0.3 is 19.8 Å². The Morgan fingerprint density at radius 3 is 2.43 bits per heavy atom. The molecule has 0 heterocycles. The number of hydrogen-bond acceptors (Lipinski definition) is 6. The highest BCUT2D eigenvalue weighted by atomic mass is 32.2. The van der Waals surface area contributed by atoms with E-state index in [-0.39, 0.29) is 28.4 Å². The molecule has 30 heavy (non-hydrogen) atoms. The third-order valence-electron chi connectivity index (χ3n) is 4.21. The van der Waals surface area contributed by atoms with Gasteiger partial charge in [0.05, 0.1) is 41.0 Å². The second-order valence-electron chi connectivity index (χ2n) is 6.30. The second kappa shape index (κ2) is 8.93. The molecule has 0 spiro atoms. The maximum Gasteiger partial charge on any atom is 0.340 e. The number of ether oxygens (including phenoxy) is 2. The first-order valence-corrected chi connectivity index (χ1v) is 9.74. The molecule has 0 amide bonds. The Hall–Kier alpha value is -3.43. The van der Waals surface area contributed by atoms with Crippen LogP contribution in [0.5, 0.6) is 11.5 Å². The van der Waals surface area contributed by atoms with Crippen LogP contribution in [0.4, 0.5) is 21.5 Å². The maximum absolute atomic E-state index is 13.5. The standard InChI is InChI=1S/C21H19FN2O5S/c1-13-3-6-15(7-4-13)24(30(26)27)19-10-8-16(12-17(19)21(25)28-2)29-20-11-14(22)5-9-18(20)23/h3-12H,23H2,1-2H3,(H,26,27)/p-1. The molecule has 1 unspecified atom stereocenters. The van der Waals surface area contributed by atoms with Crippen molar-refractivity contribution in [1.82, 2.24) is 0 Å². The Bertz CT molecular complexity index is 1110. The van der Waals surface area contributed by atoms with E-state index in [4.69, 9.17) is 15.2 Å². The van der Waals surface area contributed by atoms with Gasteiger partial charge in [0.2, 0.25) is 0 Å². The van der Waals surface area contributed by atoms with Crippen molar-refractivity contribution in [3.63, 3.8) is 0 Å². The molecule has 3 aromatic carbocycles. The van der Waals surface area contributed by atoms with Gasteiger partial charge in [-0.3, -0.25) is 8.51 Å². The predicted molar refractivity (Wildman–Crippen MR) is 111 cm³/mol. The number of nitrogens with two attached hydrogens (primary N) is 1. The van der Waals surface area contributed by atoms with Gasteiger partial charge in [-0.25, -0.2) is 9.18 Å². The van der Waals surface area contributed by atoms with Crippen molar-refractivity contribution in [2.24, 2.45) is 0 Å². The van der Waals surface area contributed by atoms with Crippen LogP contribution in [-0.4, -0.2) is 21.8 Å². The van der Waals surface area contributed by atoms with Gasteiger partial charge in [0.1, 0.15) is 11.6 Å². The zero-order valence-corrected chi connectivity index (χ0v) is 16.9. The number of anilines is 3. The quantitative estimate of drug-likeness (QED) is 0.357. The highest BCUT2D eigenvalue weighted by molar-refractivity contribution is 7.81. The van der Waals surface area contributed by atoms with E-state index in [9.17, 15) is 17.9 Å². The summed E-state index contributed by atoms with van der Waals surface area (Å²) in [5.74, 6) is -1.11. The van der Waals surface area contributed by atoms with Crippen molar-refractivity contribution in [1.29, 1.82) is 0 Å². The van der Waals surface area contributed by atoms with Gasteiger partial charge in [0, 0.05) is 6.07 Å². The molecule has 9 heteroatoms. The number of nitrogen functional groups attached to an aromatic ring is 1. The molecule has 0 bridgehead atoms. The Morgan fingerprint density at radius 2 is 1.80 bits per heavy atom. The third-order valence-corrected chi connectivity index (χ3v) is 4.92. The Morgan fingerprint density at radius 1 is 1.10 bits per heavy atom. The Kier molecular flexibility index (Phi) is 6.34. The molecule has 7 nitrogen and oxygen atoms in total. The Labute approximate surface area is 175 Å². The first-order valence-electron chi connectivity index (χ1n) is 8.71. The molecular formula is C21H18FN2O5S-. The number of benzene rings is 3. The van der Waals surface area contributed by atoms with E-state index >= 15 is 0 Å². The number of nitrogens with zero attached hydrogens (tertiary/aromatic N) is 1. The van der Waals surface area contributed by atoms with Gasteiger partial charge >= 0.3 is 5.97 Å². The van der Waals surface area contributed by atoms with Gasteiger partial charge in [-0.15, -0.1) is 0 Å². The summed E-state index contributed by atoms with van der Waals surface area (Å²) in [7, 11) is 1.18. The number of methoxy groups -OCH3 is 1. The lowest BCUT2D eigenvalue weighted by atomic mass is 10.1. The van der Waals surface area contributed by atoms with Crippen LogP contribution in [0.25, 0.3) is 0 Å². The van der Waals surface area contributed by atoms with Crippen LogP contribution in [-0.2, 0) is 16.0 Å². The zero-order chi connectivity index (χ0) is 21.8. The highest BCUT2D eigenvalue weighted by Gasteiger charge is 2.21. The largest absolute Gasteiger partial charge is 0.755 e. The third kappa shape index (κ3) is 4.58. The van der Waals surface area contributed by atoms with E-state index in [1.165, 1.54) is 37.4 Å². The lowest BCUT2D eigenvalue weighted by Crippen LogP contribution is -2.22. The first kappa shape index (κ1) is 21.3. The number of esters is 1. The summed E-state index contributed by atoms with van der Waals surface area (Å²) in [4.78, 5) is 12.4. The average molecular weight is 429 g/mol. The summed E-state index contributed by atoms with van der Waals surface area (Å²) in [6.45, 7) is 1.87. The van der Waals surface area contributed by atoms with E-state index in [1.54, 1.807) is 24.3 Å². The number of halogens is 1. The number of rotatable bonds is 6. The van der Waals surface area contributed by atoms with Gasteiger partial charge in [-0.1, -0.05) is 17.7 Å². The summed E-state index contributed by atoms with van der Waals surface area (Å²) in [5.41, 5.74) is 7.28. The SMILES string of the molecule is COC(=O)c1cc(Oc2cc(F)ccc2N)ccc1N(c1ccc(C)cc1)S(=O)[O-]. The number of carbonyl (C=O) groups excluding carboxylic acids is 1. The van der Waals surface area contributed by atoms with Crippen LogP contribution in [0.3, 0.4) is 0 Å². The van der Waals surface area contributed by atoms with Gasteiger partial charge in [-0.05, 0) is 49.4 Å². The van der Waals surface area contributed by atoms with E-state index < -0.39 is 23.1 Å². The second-order valence-corrected chi connectivity index (χ2v) is 7.10. The van der Waals surface area contributed by atoms with E-state index in [2.05, 4.69) is 0 Å². The fraction of sp³-hybridized carbons (Fsp3) is 0.0952. The van der Waals surface area contributed by atoms with Crippen molar-refractivity contribution >= 4 is 34.3 Å². The summed E-state index contributed by atoms with van der Waals surface area (Å²) in [5, 5.41) is 0. The molecule has 0 aliphatic carbocycles. The molecule has 2 N–H and O–H groups in total. The minimum absolute atomic E-state index is 0.0568. The van der Waals surface area contributed by atoms with Crippen molar-refractivity contribution in [3.8, 4) is 11.5 Å². The van der Waals surface area contributed by atoms with E-state index in [0.717, 1.165) is 15.9 Å². The maximum atomic E-state index is 13.5. The van der Waals surface area contributed by atoms with Crippen LogP contribution < -0.4 is 14.8 Å². The molecule has 0 aliphatic rings. The minimum atomic E-state index is -2.73. The molecule has 0 saturated carbocycles. The number of aryl methyl sites for hydroxylation is 1. The lowest BCUT2D eigenvalue weighted by molar-refractivity contribution is 0.0601. The fourth-order valence-electron chi connectivity index (χ4n) is 2.74. The monoisotopic (exact) mass is 429 g/mol. The van der Waals surface area contributed by atoms with Crippen molar-refractivity contribution in [2.75, 3.05) is 17.1 Å². The predicted octanol–water partition coefficient (Wildman–Crippen LogP) is 4.23. The van der Waals surface area contributed by atoms with Gasteiger partial charge in [0.25, 0.3) is 0 Å². The average Bonchev–Trinajstić information content (AvgIpc) is 2.72. The van der Waals surface area contributed by atoms with Crippen molar-refractivity contribution in [3.05, 3.63) is 77.6 Å². The van der Waals surface area contributed by atoms with Crippen LogP contribution in [0.15, 0.2) is 60.7 Å². The van der Waals surface area contributed by atoms with E-state index in [1.807, 2.05) is 6.92 Å². The van der Waals surface area contributed by atoms with Crippen LogP contribution >= 0.6 is 0 Å². The van der Waals surface area contributed by atoms with Gasteiger partial charge in [-0.2, -0.15) is 0 Å². The molecule has 0 fully saturated rings. The molecule has 0 saturated heterocycles. The van der Waals surface area contributed by atoms with Crippen molar-refractivity contribution < 1.29 is 27.4 Å². The molecule has 1 atom stereocenters. The molecule has 0 aliphatic heterocycles. The normalized spacial score (nSPS) is 11.6. The molecule has 3 rings (SSSR count). The molecule has 156 valence electrons. The Balaban J connectivity index is 2.08. The minimum Gasteiger partial charge on any atom is -0.755 e. The summed E-state index contributed by atoms with van der Waals surface area (Å²) >= 11 is -2.73. The summed E-state index contributed by atoms with van der Waals surface area (Å²) < 4.78 is 48.8. The zero-order valence-electron chi connectivity index (χ0n) is 16.1. The number of carbonyl (C=O) groups is 1. The van der Waals surface area contributed by atoms with Gasteiger partial charge in [0.15, 0.2) is 5.75 Å². The highest BCUT2D eigenvalue weighted by Crippen LogP contribution is 2.35. The molecule has 3 aromatic rings. The first-order chi connectivity index (χ1) is 14.3. The topological polar surface area (TPSA) is 105 Å². The van der Waals surface area contributed by atoms with Crippen LogP contribution in [0, 0.1) is 12.7 Å². The smallest absolute Gasteiger partial charge is 0.340 e. The summed E-state index contributed by atoms with van der Waals surface area (Å²) in [6.07, 6.45) is 0. The van der Waals surface area contributed by atoms with Crippen LogP contribution in [0.2, 0.25) is 0 Å². The fourth-order valence-corrected chi connectivity index (χ4v) is 3.35.